The fourth-order valence-electron chi connectivity index (χ4n) is 5.56. The van der Waals surface area contributed by atoms with Gasteiger partial charge in [-0.1, -0.05) is 66.7 Å². The Hall–Kier alpha value is -0.0400. The van der Waals surface area contributed by atoms with Crippen molar-refractivity contribution < 1.29 is 0 Å². The third kappa shape index (κ3) is 3.66. The molecule has 0 bridgehead atoms. The molecule has 1 heterocycles. The first-order chi connectivity index (χ1) is 9.97. The highest BCUT2D eigenvalue weighted by Crippen LogP contribution is 2.47. The topological polar surface area (TPSA) is 12.0 Å². The molecule has 124 valence electrons. The fourth-order valence-corrected chi connectivity index (χ4v) is 5.56. The van der Waals surface area contributed by atoms with Crippen LogP contribution >= 0.6 is 0 Å². The van der Waals surface area contributed by atoms with E-state index in [1.54, 1.807) is 0 Å². The highest BCUT2D eigenvalue weighted by atomic mass is 15.0. The summed E-state index contributed by atoms with van der Waals surface area (Å²) in [5.74, 6) is 5.37. The number of hydrogen-bond donors (Lipinski definition) is 1. The molecular weight excluding hydrogens is 254 g/mol. The van der Waals surface area contributed by atoms with Crippen molar-refractivity contribution in [2.75, 3.05) is 0 Å². The molecule has 7 unspecified atom stereocenters. The van der Waals surface area contributed by atoms with E-state index >= 15 is 0 Å². The van der Waals surface area contributed by atoms with Crippen LogP contribution in [0.1, 0.15) is 80.1 Å². The van der Waals surface area contributed by atoms with E-state index in [2.05, 4.69) is 46.9 Å². The Bertz CT molecular complexity index is 303. The van der Waals surface area contributed by atoms with Crippen LogP contribution in [0.15, 0.2) is 0 Å². The monoisotopic (exact) mass is 293 g/mol. The van der Waals surface area contributed by atoms with Crippen LogP contribution in [-0.2, 0) is 0 Å². The second-order valence-corrected chi connectivity index (χ2v) is 8.46. The maximum absolute atomic E-state index is 4.02. The van der Waals surface area contributed by atoms with E-state index < -0.39 is 0 Å². The molecule has 21 heavy (non-hydrogen) atoms. The molecule has 2 rings (SSSR count). The van der Waals surface area contributed by atoms with Crippen molar-refractivity contribution >= 4 is 0 Å². The minimum atomic E-state index is 0.687. The lowest BCUT2D eigenvalue weighted by Gasteiger charge is -2.52. The second-order valence-electron chi connectivity index (χ2n) is 8.46. The van der Waals surface area contributed by atoms with Crippen molar-refractivity contribution in [3.05, 3.63) is 0 Å². The minimum absolute atomic E-state index is 0.687. The molecule has 1 nitrogen and oxygen atoms in total. The SMILES string of the molecule is CCCCC1NC(C)C(C)C(C)C1C1C(C)CCCC1C. The summed E-state index contributed by atoms with van der Waals surface area (Å²) in [4.78, 5) is 0. The van der Waals surface area contributed by atoms with Gasteiger partial charge in [0.2, 0.25) is 0 Å². The molecular formula is C20H39N. The maximum Gasteiger partial charge on any atom is 0.0103 e. The summed E-state index contributed by atoms with van der Waals surface area (Å²) in [5, 5.41) is 4.02. The van der Waals surface area contributed by atoms with Gasteiger partial charge in [-0.2, -0.15) is 0 Å². The van der Waals surface area contributed by atoms with Crippen LogP contribution in [0.3, 0.4) is 0 Å². The molecule has 2 aliphatic rings. The third-order valence-corrected chi connectivity index (χ3v) is 7.11. The lowest BCUT2D eigenvalue weighted by Crippen LogP contribution is -2.58. The number of unbranched alkanes of at least 4 members (excludes halogenated alkanes) is 1. The molecule has 1 aliphatic heterocycles. The Morgan fingerprint density at radius 1 is 0.857 bits per heavy atom. The van der Waals surface area contributed by atoms with E-state index in [0.29, 0.717) is 6.04 Å². The van der Waals surface area contributed by atoms with E-state index in [9.17, 15) is 0 Å². The Balaban J connectivity index is 2.20. The first-order valence-electron chi connectivity index (χ1n) is 9.73. The average molecular weight is 294 g/mol. The number of nitrogens with one attached hydrogen (secondary N) is 1. The molecule has 0 spiro atoms. The first kappa shape index (κ1) is 17.3. The van der Waals surface area contributed by atoms with Gasteiger partial charge in [-0.15, -0.1) is 0 Å². The van der Waals surface area contributed by atoms with Crippen molar-refractivity contribution in [1.82, 2.24) is 5.32 Å². The minimum Gasteiger partial charge on any atom is -0.311 e. The second kappa shape index (κ2) is 7.49. The predicted octanol–water partition coefficient (Wildman–Crippen LogP) is 5.50. The van der Waals surface area contributed by atoms with Crippen LogP contribution in [0, 0.1) is 35.5 Å². The zero-order chi connectivity index (χ0) is 15.6. The standard InChI is InChI=1S/C20H39N/c1-7-8-12-18-20(16(5)15(4)17(6)21-18)19-13(2)10-9-11-14(19)3/h13-21H,7-12H2,1-6H3. The van der Waals surface area contributed by atoms with Gasteiger partial charge in [0.25, 0.3) is 0 Å². The lowest BCUT2D eigenvalue weighted by atomic mass is 9.58. The molecule has 1 heteroatoms. The molecule has 1 aliphatic carbocycles. The summed E-state index contributed by atoms with van der Waals surface area (Å²) in [6, 6.07) is 1.45. The summed E-state index contributed by atoms with van der Waals surface area (Å²) >= 11 is 0. The predicted molar refractivity (Wildman–Crippen MR) is 93.4 cm³/mol. The largest absolute Gasteiger partial charge is 0.311 e. The van der Waals surface area contributed by atoms with Crippen LogP contribution in [0.2, 0.25) is 0 Å². The smallest absolute Gasteiger partial charge is 0.0103 e. The molecule has 2 fully saturated rings. The lowest BCUT2D eigenvalue weighted by molar-refractivity contribution is -0.00455. The van der Waals surface area contributed by atoms with Gasteiger partial charge in [-0.3, -0.25) is 0 Å². The third-order valence-electron chi connectivity index (χ3n) is 7.11. The van der Waals surface area contributed by atoms with E-state index in [0.717, 1.165) is 41.5 Å². The van der Waals surface area contributed by atoms with E-state index in [-0.39, 0.29) is 0 Å². The first-order valence-corrected chi connectivity index (χ1v) is 9.73. The summed E-state index contributed by atoms with van der Waals surface area (Å²) < 4.78 is 0. The van der Waals surface area contributed by atoms with Crippen molar-refractivity contribution in [2.45, 2.75) is 92.2 Å². The average Bonchev–Trinajstić information content (AvgIpc) is 2.45. The Morgan fingerprint density at radius 3 is 2.05 bits per heavy atom. The molecule has 0 radical (unpaired) electrons. The number of rotatable bonds is 4. The zero-order valence-electron chi connectivity index (χ0n) is 15.4. The fraction of sp³-hybridized carbons (Fsp3) is 1.00. The normalized spacial score (nSPS) is 48.3. The van der Waals surface area contributed by atoms with Gasteiger partial charge >= 0.3 is 0 Å². The number of hydrogen-bond acceptors (Lipinski definition) is 1. The molecule has 0 aromatic rings. The van der Waals surface area contributed by atoms with Gasteiger partial charge in [0.15, 0.2) is 0 Å². The van der Waals surface area contributed by atoms with Crippen LogP contribution < -0.4 is 5.32 Å². The van der Waals surface area contributed by atoms with Gasteiger partial charge in [-0.25, -0.2) is 0 Å². The quantitative estimate of drug-likeness (QED) is 0.722. The Labute approximate surface area is 133 Å². The van der Waals surface area contributed by atoms with Gasteiger partial charge < -0.3 is 5.32 Å². The summed E-state index contributed by atoms with van der Waals surface area (Å²) in [5.41, 5.74) is 0. The summed E-state index contributed by atoms with van der Waals surface area (Å²) in [6.07, 6.45) is 8.49. The van der Waals surface area contributed by atoms with Crippen LogP contribution in [0.4, 0.5) is 0 Å². The van der Waals surface area contributed by atoms with E-state index in [4.69, 9.17) is 0 Å². The Morgan fingerprint density at radius 2 is 1.48 bits per heavy atom. The van der Waals surface area contributed by atoms with Crippen LogP contribution in [-0.4, -0.2) is 12.1 Å². The molecule has 7 atom stereocenters. The van der Waals surface area contributed by atoms with Crippen molar-refractivity contribution in [3.63, 3.8) is 0 Å². The van der Waals surface area contributed by atoms with Gasteiger partial charge in [0, 0.05) is 12.1 Å². The molecule has 0 aromatic carbocycles. The van der Waals surface area contributed by atoms with Crippen molar-refractivity contribution in [2.24, 2.45) is 35.5 Å². The summed E-state index contributed by atoms with van der Waals surface area (Å²) in [6.45, 7) is 14.8. The number of piperidine rings is 1. The molecule has 0 aromatic heterocycles. The van der Waals surface area contributed by atoms with Crippen molar-refractivity contribution in [1.29, 1.82) is 0 Å². The van der Waals surface area contributed by atoms with Crippen molar-refractivity contribution in [3.8, 4) is 0 Å². The molecule has 0 amide bonds. The van der Waals surface area contributed by atoms with Crippen LogP contribution in [0.25, 0.3) is 0 Å². The molecule has 1 saturated heterocycles. The maximum atomic E-state index is 4.02. The highest BCUT2D eigenvalue weighted by Gasteiger charge is 2.45. The Kier molecular flexibility index (Phi) is 6.17. The van der Waals surface area contributed by atoms with E-state index in [1.165, 1.54) is 38.5 Å². The van der Waals surface area contributed by atoms with Gasteiger partial charge in [0.1, 0.15) is 0 Å². The highest BCUT2D eigenvalue weighted by molar-refractivity contribution is 4.98. The molecule has 1 N–H and O–H groups in total. The van der Waals surface area contributed by atoms with Crippen LogP contribution in [0.5, 0.6) is 0 Å². The van der Waals surface area contributed by atoms with Gasteiger partial charge in [0.05, 0.1) is 0 Å². The molecule has 1 saturated carbocycles. The zero-order valence-corrected chi connectivity index (χ0v) is 15.4. The van der Waals surface area contributed by atoms with Gasteiger partial charge in [-0.05, 0) is 48.9 Å². The summed E-state index contributed by atoms with van der Waals surface area (Å²) in [7, 11) is 0. The van der Waals surface area contributed by atoms with E-state index in [1.807, 2.05) is 0 Å².